The van der Waals surface area contributed by atoms with E-state index in [0.717, 1.165) is 5.69 Å². The summed E-state index contributed by atoms with van der Waals surface area (Å²) in [5, 5.41) is 0. The van der Waals surface area contributed by atoms with E-state index in [0.29, 0.717) is 6.04 Å². The molecule has 1 aliphatic heterocycles. The Morgan fingerprint density at radius 1 is 1.57 bits per heavy atom. The molecule has 1 aromatic heterocycles. The molecule has 76 valence electrons. The zero-order valence-electron chi connectivity index (χ0n) is 9.11. The topological polar surface area (TPSA) is 21.1 Å². The maximum Gasteiger partial charge on any atom is 0.201 e. The van der Waals surface area contributed by atoms with Crippen molar-refractivity contribution < 1.29 is 0 Å². The first kappa shape index (κ1) is 9.78. The van der Waals surface area contributed by atoms with Crippen LogP contribution < -0.4 is 0 Å². The third kappa shape index (κ3) is 2.00. The van der Waals surface area contributed by atoms with E-state index in [1.165, 1.54) is 33.3 Å². The highest BCUT2D eigenvalue weighted by Crippen LogP contribution is 2.20. The van der Waals surface area contributed by atoms with Crippen molar-refractivity contribution in [3.63, 3.8) is 0 Å². The Bertz CT molecular complexity index is 297. The number of hydrogen-bond donors (Lipinski definition) is 0. The maximum atomic E-state index is 4.29. The maximum absolute atomic E-state index is 4.29. The summed E-state index contributed by atoms with van der Waals surface area (Å²) in [4.78, 5) is 6.80. The number of piperidine rings is 1. The van der Waals surface area contributed by atoms with Crippen LogP contribution in [0.2, 0.25) is 6.82 Å². The second-order valence-corrected chi connectivity index (χ2v) is 4.15. The van der Waals surface area contributed by atoms with Crippen LogP contribution in [0.15, 0.2) is 12.5 Å². The third-order valence-electron chi connectivity index (χ3n) is 3.08. The van der Waals surface area contributed by atoms with E-state index in [1.807, 2.05) is 6.33 Å². The van der Waals surface area contributed by atoms with Crippen LogP contribution >= 0.6 is 0 Å². The van der Waals surface area contributed by atoms with Crippen LogP contribution in [0.4, 0.5) is 0 Å². The number of hydrogen-bond acceptors (Lipinski definition) is 2. The summed E-state index contributed by atoms with van der Waals surface area (Å²) in [5.74, 6) is 0. The van der Waals surface area contributed by atoms with Gasteiger partial charge in [0.2, 0.25) is 7.41 Å². The monoisotopic (exact) mass is 191 g/mol. The summed E-state index contributed by atoms with van der Waals surface area (Å²) in [6.07, 6.45) is 6.74. The van der Waals surface area contributed by atoms with Gasteiger partial charge in [0.15, 0.2) is 0 Å². The first-order chi connectivity index (χ1) is 6.79. The molecule has 0 radical (unpaired) electrons. The molecular weight excluding hydrogens is 173 g/mol. The highest BCUT2D eigenvalue weighted by atomic mass is 15.1. The van der Waals surface area contributed by atoms with Crippen LogP contribution in [0.5, 0.6) is 0 Å². The number of imidazole rings is 1. The Kier molecular flexibility index (Phi) is 2.92. The van der Waals surface area contributed by atoms with Gasteiger partial charge in [-0.15, -0.1) is 0 Å². The number of aryl methyl sites for hydroxylation is 1. The van der Waals surface area contributed by atoms with E-state index in [4.69, 9.17) is 0 Å². The van der Waals surface area contributed by atoms with Crippen molar-refractivity contribution >= 4 is 7.41 Å². The summed E-state index contributed by atoms with van der Waals surface area (Å²) in [7, 11) is 1.17. The Balaban J connectivity index is 2.04. The van der Waals surface area contributed by atoms with Crippen molar-refractivity contribution in [2.45, 2.75) is 32.6 Å². The molecule has 4 heteroatoms. The first-order valence-electron chi connectivity index (χ1n) is 5.52. The van der Waals surface area contributed by atoms with Crippen LogP contribution in [0, 0.1) is 6.92 Å². The molecule has 1 saturated heterocycles. The van der Waals surface area contributed by atoms with E-state index in [2.05, 4.69) is 34.3 Å². The minimum atomic E-state index is 0.643. The van der Waals surface area contributed by atoms with Crippen LogP contribution in [0.1, 0.15) is 24.6 Å². The van der Waals surface area contributed by atoms with Gasteiger partial charge in [0.1, 0.15) is 0 Å². The molecule has 2 heterocycles. The summed E-state index contributed by atoms with van der Waals surface area (Å²) < 4.78 is 2.27. The molecule has 1 aromatic rings. The van der Waals surface area contributed by atoms with Gasteiger partial charge in [-0.25, -0.2) is 4.98 Å². The molecule has 0 aromatic carbocycles. The Labute approximate surface area is 86.4 Å². The lowest BCUT2D eigenvalue weighted by molar-refractivity contribution is 0.271. The predicted molar refractivity (Wildman–Crippen MR) is 59.8 cm³/mol. The van der Waals surface area contributed by atoms with Gasteiger partial charge >= 0.3 is 0 Å². The average Bonchev–Trinajstić information content (AvgIpc) is 2.65. The summed E-state index contributed by atoms with van der Waals surface area (Å²) in [6.45, 7) is 6.74. The van der Waals surface area contributed by atoms with Gasteiger partial charge in [0.05, 0.1) is 12.0 Å². The molecule has 1 fully saturated rings. The smallest absolute Gasteiger partial charge is 0.201 e. The van der Waals surface area contributed by atoms with Gasteiger partial charge in [0.25, 0.3) is 0 Å². The minimum absolute atomic E-state index is 0.643. The van der Waals surface area contributed by atoms with E-state index >= 15 is 0 Å². The molecule has 2 rings (SSSR count). The molecule has 0 aliphatic carbocycles. The molecule has 3 nitrogen and oxygen atoms in total. The highest BCUT2D eigenvalue weighted by molar-refractivity contribution is 6.29. The van der Waals surface area contributed by atoms with E-state index < -0.39 is 0 Å². The second-order valence-electron chi connectivity index (χ2n) is 4.15. The number of aromatic nitrogens is 2. The van der Waals surface area contributed by atoms with Gasteiger partial charge in [0, 0.05) is 18.8 Å². The van der Waals surface area contributed by atoms with Crippen molar-refractivity contribution in [1.29, 1.82) is 0 Å². The van der Waals surface area contributed by atoms with Crippen molar-refractivity contribution in [2.24, 2.45) is 0 Å². The molecule has 0 bridgehead atoms. The lowest BCUT2D eigenvalue weighted by atomic mass is 9.90. The summed E-state index contributed by atoms with van der Waals surface area (Å²) in [6, 6.07) is 0.643. The van der Waals surface area contributed by atoms with Gasteiger partial charge in [-0.1, -0.05) is 6.82 Å². The first-order valence-corrected chi connectivity index (χ1v) is 5.52. The van der Waals surface area contributed by atoms with E-state index in [1.54, 1.807) is 0 Å². The average molecular weight is 191 g/mol. The molecule has 1 aliphatic rings. The lowest BCUT2D eigenvalue weighted by Crippen LogP contribution is -2.37. The number of nitrogens with zero attached hydrogens (tertiary/aromatic N) is 3. The molecule has 0 N–H and O–H groups in total. The van der Waals surface area contributed by atoms with Crippen LogP contribution in [0.25, 0.3) is 0 Å². The minimum Gasteiger partial charge on any atom is -0.344 e. The molecule has 1 unspecified atom stereocenters. The van der Waals surface area contributed by atoms with Crippen molar-refractivity contribution in [2.75, 3.05) is 13.1 Å². The standard InChI is InChI=1S/C10H18BN3/c1-9-6-13(8-12-9)10-4-3-5-14(7-10)11-2/h6,8,10-11H,3-5,7H2,1-2H3. The molecule has 0 amide bonds. The fourth-order valence-corrected chi connectivity index (χ4v) is 2.20. The summed E-state index contributed by atoms with van der Waals surface area (Å²) >= 11 is 0. The Hall–Kier alpha value is -0.765. The molecular formula is C10H18BN3. The molecule has 0 saturated carbocycles. The normalized spacial score (nSPS) is 23.7. The van der Waals surface area contributed by atoms with Crippen LogP contribution in [-0.2, 0) is 0 Å². The van der Waals surface area contributed by atoms with E-state index in [9.17, 15) is 0 Å². The Morgan fingerprint density at radius 3 is 3.07 bits per heavy atom. The Morgan fingerprint density at radius 2 is 2.43 bits per heavy atom. The fourth-order valence-electron chi connectivity index (χ4n) is 2.20. The number of rotatable bonds is 2. The quantitative estimate of drug-likeness (QED) is 0.655. The predicted octanol–water partition coefficient (Wildman–Crippen LogP) is 1.23. The van der Waals surface area contributed by atoms with Gasteiger partial charge < -0.3 is 9.38 Å². The van der Waals surface area contributed by atoms with E-state index in [-0.39, 0.29) is 0 Å². The summed E-state index contributed by atoms with van der Waals surface area (Å²) in [5.41, 5.74) is 1.12. The molecule has 0 spiro atoms. The van der Waals surface area contributed by atoms with Crippen molar-refractivity contribution in [3.8, 4) is 0 Å². The highest BCUT2D eigenvalue weighted by Gasteiger charge is 2.19. The van der Waals surface area contributed by atoms with Gasteiger partial charge in [-0.2, -0.15) is 0 Å². The molecule has 1 atom stereocenters. The third-order valence-corrected chi connectivity index (χ3v) is 3.08. The SMILES string of the molecule is CBN1CCCC(n2cnc(C)c2)C1. The van der Waals surface area contributed by atoms with Gasteiger partial charge in [-0.3, -0.25) is 0 Å². The second kappa shape index (κ2) is 4.17. The largest absolute Gasteiger partial charge is 0.344 e. The fraction of sp³-hybridized carbons (Fsp3) is 0.700. The van der Waals surface area contributed by atoms with Crippen molar-refractivity contribution in [1.82, 2.24) is 14.4 Å². The molecule has 14 heavy (non-hydrogen) atoms. The van der Waals surface area contributed by atoms with Gasteiger partial charge in [-0.05, 0) is 26.3 Å². The lowest BCUT2D eigenvalue weighted by Gasteiger charge is -2.32. The zero-order chi connectivity index (χ0) is 9.97. The van der Waals surface area contributed by atoms with Crippen molar-refractivity contribution in [3.05, 3.63) is 18.2 Å². The zero-order valence-corrected chi connectivity index (χ0v) is 9.11. The van der Waals surface area contributed by atoms with Crippen LogP contribution in [-0.4, -0.2) is 34.9 Å². The van der Waals surface area contributed by atoms with Crippen LogP contribution in [0.3, 0.4) is 0 Å².